The topological polar surface area (TPSA) is 38.2 Å². The average Bonchev–Trinajstić information content (AvgIpc) is 3.35. The summed E-state index contributed by atoms with van der Waals surface area (Å²) in [5.41, 5.74) is 1.12. The lowest BCUT2D eigenvalue weighted by Crippen LogP contribution is -2.33. The Hall–Kier alpha value is -1.16. The van der Waals surface area contributed by atoms with Crippen LogP contribution in [0.1, 0.15) is 49.5 Å². The summed E-state index contributed by atoms with van der Waals surface area (Å²) < 4.78 is 5.53. The summed E-state index contributed by atoms with van der Waals surface area (Å²) in [4.78, 5) is 12.0. The monoisotopic (exact) mass is 273 g/mol. The van der Waals surface area contributed by atoms with Crippen molar-refractivity contribution in [3.05, 3.63) is 17.6 Å². The highest BCUT2D eigenvalue weighted by atomic mass is 16.5. The van der Waals surface area contributed by atoms with E-state index in [0.717, 1.165) is 37.1 Å². The third kappa shape index (κ3) is 2.66. The van der Waals surface area contributed by atoms with Gasteiger partial charge in [0.1, 0.15) is 11.6 Å². The molecule has 2 saturated carbocycles. The smallest absolute Gasteiger partial charge is 0.134 e. The van der Waals surface area contributed by atoms with Gasteiger partial charge in [-0.3, -0.25) is 0 Å². The summed E-state index contributed by atoms with van der Waals surface area (Å²) in [5, 5.41) is 0. The second kappa shape index (κ2) is 4.99. The van der Waals surface area contributed by atoms with Gasteiger partial charge in [-0.2, -0.15) is 0 Å². The van der Waals surface area contributed by atoms with Crippen molar-refractivity contribution in [3.8, 4) is 0 Å². The highest BCUT2D eigenvalue weighted by molar-refractivity contribution is 5.43. The Bertz CT molecular complexity index is 490. The van der Waals surface area contributed by atoms with Crippen molar-refractivity contribution in [3.63, 3.8) is 0 Å². The van der Waals surface area contributed by atoms with Crippen LogP contribution in [-0.2, 0) is 4.74 Å². The normalized spacial score (nSPS) is 25.9. The number of aryl methyl sites for hydroxylation is 1. The van der Waals surface area contributed by atoms with Crippen LogP contribution in [0.5, 0.6) is 0 Å². The second-order valence-corrected chi connectivity index (χ2v) is 6.61. The Balaban J connectivity index is 1.58. The predicted octanol–water partition coefficient (Wildman–Crippen LogP) is 2.67. The summed E-state index contributed by atoms with van der Waals surface area (Å²) >= 11 is 0. The summed E-state index contributed by atoms with van der Waals surface area (Å²) in [6, 6.07) is 2.87. The zero-order valence-electron chi connectivity index (χ0n) is 12.2. The zero-order chi connectivity index (χ0) is 13.5. The second-order valence-electron chi connectivity index (χ2n) is 6.61. The molecule has 0 aromatic carbocycles. The Morgan fingerprint density at radius 1 is 1.20 bits per heavy atom. The molecule has 4 rings (SSSR count). The number of hydrogen-bond acceptors (Lipinski definition) is 4. The first-order valence-corrected chi connectivity index (χ1v) is 7.99. The van der Waals surface area contributed by atoms with Crippen molar-refractivity contribution in [1.29, 1.82) is 0 Å². The summed E-state index contributed by atoms with van der Waals surface area (Å²) in [6.07, 6.45) is 6.36. The van der Waals surface area contributed by atoms with Gasteiger partial charge in [0, 0.05) is 42.8 Å². The first-order valence-electron chi connectivity index (χ1n) is 7.99. The highest BCUT2D eigenvalue weighted by Gasteiger charge is 2.34. The Morgan fingerprint density at radius 2 is 2.05 bits per heavy atom. The van der Waals surface area contributed by atoms with Gasteiger partial charge in [0.25, 0.3) is 0 Å². The van der Waals surface area contributed by atoms with Gasteiger partial charge >= 0.3 is 0 Å². The maximum atomic E-state index is 5.53. The van der Waals surface area contributed by atoms with Crippen LogP contribution in [-0.4, -0.2) is 35.8 Å². The van der Waals surface area contributed by atoms with E-state index in [1.807, 2.05) is 0 Å². The molecule has 0 bridgehead atoms. The van der Waals surface area contributed by atoms with Crippen molar-refractivity contribution in [1.82, 2.24) is 9.97 Å². The molecule has 4 heteroatoms. The van der Waals surface area contributed by atoms with Crippen LogP contribution in [0.15, 0.2) is 6.07 Å². The molecule has 0 amide bonds. The van der Waals surface area contributed by atoms with Crippen molar-refractivity contribution < 1.29 is 4.74 Å². The minimum absolute atomic E-state index is 0.629. The van der Waals surface area contributed by atoms with Gasteiger partial charge in [-0.25, -0.2) is 9.97 Å². The first kappa shape index (κ1) is 12.6. The average molecular weight is 273 g/mol. The van der Waals surface area contributed by atoms with Crippen molar-refractivity contribution in [2.45, 2.75) is 51.0 Å². The van der Waals surface area contributed by atoms with E-state index in [4.69, 9.17) is 9.72 Å². The molecule has 1 aliphatic heterocycles. The molecule has 1 aromatic heterocycles. The van der Waals surface area contributed by atoms with Crippen LogP contribution in [0, 0.1) is 12.8 Å². The number of hydrogen-bond donors (Lipinski definition) is 0. The third-order valence-corrected chi connectivity index (χ3v) is 4.56. The van der Waals surface area contributed by atoms with Gasteiger partial charge < -0.3 is 9.64 Å². The van der Waals surface area contributed by atoms with E-state index < -0.39 is 0 Å². The van der Waals surface area contributed by atoms with E-state index in [-0.39, 0.29) is 0 Å². The van der Waals surface area contributed by atoms with E-state index >= 15 is 0 Å². The lowest BCUT2D eigenvalue weighted by atomic mass is 10.1. The van der Waals surface area contributed by atoms with E-state index in [1.165, 1.54) is 32.1 Å². The zero-order valence-corrected chi connectivity index (χ0v) is 12.2. The van der Waals surface area contributed by atoms with E-state index in [0.29, 0.717) is 17.9 Å². The van der Waals surface area contributed by atoms with E-state index in [1.54, 1.807) is 0 Å². The van der Waals surface area contributed by atoms with Gasteiger partial charge in [-0.05, 0) is 39.0 Å². The van der Waals surface area contributed by atoms with Crippen LogP contribution in [0.4, 0.5) is 5.82 Å². The molecule has 4 nitrogen and oxygen atoms in total. The molecule has 0 spiro atoms. The molecule has 0 radical (unpaired) electrons. The van der Waals surface area contributed by atoms with Gasteiger partial charge in [-0.1, -0.05) is 0 Å². The fraction of sp³-hybridized carbons (Fsp3) is 0.750. The molecule has 2 aliphatic carbocycles. The number of anilines is 1. The highest BCUT2D eigenvalue weighted by Crippen LogP contribution is 2.39. The molecule has 2 heterocycles. The van der Waals surface area contributed by atoms with Gasteiger partial charge in [-0.15, -0.1) is 0 Å². The maximum absolute atomic E-state index is 5.53. The molecule has 1 saturated heterocycles. The van der Waals surface area contributed by atoms with Crippen molar-refractivity contribution >= 4 is 5.82 Å². The molecule has 3 aliphatic rings. The van der Waals surface area contributed by atoms with E-state index in [9.17, 15) is 0 Å². The SMILES string of the molecule is Cc1cc(N(CC2CCOC2)C2CC2)nc(C2CC2)n1. The molecule has 1 aromatic rings. The lowest BCUT2D eigenvalue weighted by Gasteiger charge is -2.26. The first-order chi connectivity index (χ1) is 9.79. The number of nitrogens with zero attached hydrogens (tertiary/aromatic N) is 3. The fourth-order valence-electron chi connectivity index (χ4n) is 3.07. The van der Waals surface area contributed by atoms with Crippen LogP contribution in [0.25, 0.3) is 0 Å². The largest absolute Gasteiger partial charge is 0.381 e. The lowest BCUT2D eigenvalue weighted by molar-refractivity contribution is 0.186. The Kier molecular flexibility index (Phi) is 3.14. The van der Waals surface area contributed by atoms with Crippen LogP contribution < -0.4 is 4.90 Å². The molecular formula is C16H23N3O. The summed E-state index contributed by atoms with van der Waals surface area (Å²) in [5.74, 6) is 3.54. The van der Waals surface area contributed by atoms with Gasteiger partial charge in [0.05, 0.1) is 6.61 Å². The number of rotatable bonds is 5. The quantitative estimate of drug-likeness (QED) is 0.826. The Labute approximate surface area is 120 Å². The van der Waals surface area contributed by atoms with Crippen LogP contribution in [0.2, 0.25) is 0 Å². The van der Waals surface area contributed by atoms with Crippen molar-refractivity contribution in [2.75, 3.05) is 24.7 Å². The van der Waals surface area contributed by atoms with Crippen molar-refractivity contribution in [2.24, 2.45) is 5.92 Å². The molecule has 108 valence electrons. The molecule has 0 N–H and O–H groups in total. The summed E-state index contributed by atoms with van der Waals surface area (Å²) in [6.45, 7) is 5.05. The molecule has 20 heavy (non-hydrogen) atoms. The van der Waals surface area contributed by atoms with Gasteiger partial charge in [0.15, 0.2) is 0 Å². The standard InChI is InChI=1S/C16H23N3O/c1-11-8-15(18-16(17-11)13-2-3-13)19(14-4-5-14)9-12-6-7-20-10-12/h8,12-14H,2-7,9-10H2,1H3. The third-order valence-electron chi connectivity index (χ3n) is 4.56. The molecule has 3 fully saturated rings. The molecular weight excluding hydrogens is 250 g/mol. The summed E-state index contributed by atoms with van der Waals surface area (Å²) in [7, 11) is 0. The van der Waals surface area contributed by atoms with Gasteiger partial charge in [0.2, 0.25) is 0 Å². The minimum Gasteiger partial charge on any atom is -0.381 e. The molecule has 1 atom stereocenters. The Morgan fingerprint density at radius 3 is 2.70 bits per heavy atom. The molecule has 1 unspecified atom stereocenters. The van der Waals surface area contributed by atoms with E-state index in [2.05, 4.69) is 22.9 Å². The maximum Gasteiger partial charge on any atom is 0.134 e. The van der Waals surface area contributed by atoms with Crippen LogP contribution in [0.3, 0.4) is 0 Å². The predicted molar refractivity (Wildman–Crippen MR) is 78.0 cm³/mol. The number of aromatic nitrogens is 2. The number of ether oxygens (including phenoxy) is 1. The van der Waals surface area contributed by atoms with Crippen LogP contribution >= 0.6 is 0 Å². The fourth-order valence-corrected chi connectivity index (χ4v) is 3.07. The minimum atomic E-state index is 0.629.